The summed E-state index contributed by atoms with van der Waals surface area (Å²) < 4.78 is 0. The van der Waals surface area contributed by atoms with Gasteiger partial charge in [0.05, 0.1) is 19.1 Å². The summed E-state index contributed by atoms with van der Waals surface area (Å²) in [7, 11) is 0. The number of thioether (sulfide) groups is 1. The zero-order chi connectivity index (χ0) is 25.7. The minimum absolute atomic E-state index is 0.0584. The zero-order valence-electron chi connectivity index (χ0n) is 18.6. The number of carboxylic acid groups (broad SMARTS) is 2. The Bertz CT molecular complexity index is 854. The van der Waals surface area contributed by atoms with E-state index in [-0.39, 0.29) is 6.42 Å². The average Bonchev–Trinajstić information content (AvgIpc) is 2.79. The molecule has 4 atom stereocenters. The number of aliphatic hydroxyl groups excluding tert-OH is 1. The predicted octanol–water partition coefficient (Wildman–Crippen LogP) is -1.68. The summed E-state index contributed by atoms with van der Waals surface area (Å²) in [6.07, 6.45) is 1.28. The molecule has 0 aliphatic heterocycles. The first kappa shape index (κ1) is 28.9. The highest BCUT2D eigenvalue weighted by Crippen LogP contribution is 2.06. The van der Waals surface area contributed by atoms with Gasteiger partial charge in [-0.3, -0.25) is 19.2 Å². The number of carbonyl (C=O) groups excluding carboxylic acids is 3. The van der Waals surface area contributed by atoms with Crippen LogP contribution in [0.25, 0.3) is 0 Å². The van der Waals surface area contributed by atoms with Crippen molar-refractivity contribution in [3.05, 3.63) is 35.9 Å². The number of hydrogen-bond acceptors (Lipinski definition) is 8. The molecule has 1 rings (SSSR count). The van der Waals surface area contributed by atoms with Crippen molar-refractivity contribution in [3.63, 3.8) is 0 Å². The van der Waals surface area contributed by atoms with Crippen molar-refractivity contribution < 1.29 is 39.3 Å². The van der Waals surface area contributed by atoms with Crippen molar-refractivity contribution in [2.24, 2.45) is 5.73 Å². The standard InChI is InChI=1S/C21H30N4O8S/c1-34-8-7-13(22)18(29)25-16(11-26)20(31)23-14(9-12-5-3-2-4-6-12)19(30)24-15(21(32)33)10-17(27)28/h2-6,13-16,26H,7-11,22H2,1H3,(H,23,31)(H,24,30)(H,25,29)(H,27,28)(H,32,33). The molecule has 12 nitrogen and oxygen atoms in total. The summed E-state index contributed by atoms with van der Waals surface area (Å²) in [6, 6.07) is 3.14. The van der Waals surface area contributed by atoms with E-state index in [2.05, 4.69) is 16.0 Å². The molecular weight excluding hydrogens is 468 g/mol. The van der Waals surface area contributed by atoms with Gasteiger partial charge in [0.2, 0.25) is 17.7 Å². The van der Waals surface area contributed by atoms with Gasteiger partial charge in [-0.15, -0.1) is 0 Å². The van der Waals surface area contributed by atoms with Gasteiger partial charge < -0.3 is 37.0 Å². The largest absolute Gasteiger partial charge is 0.481 e. The first-order valence-corrected chi connectivity index (χ1v) is 11.7. The van der Waals surface area contributed by atoms with Gasteiger partial charge >= 0.3 is 11.9 Å². The number of amides is 3. The van der Waals surface area contributed by atoms with Crippen molar-refractivity contribution in [1.29, 1.82) is 0 Å². The smallest absolute Gasteiger partial charge is 0.326 e. The minimum atomic E-state index is -1.72. The lowest BCUT2D eigenvalue weighted by molar-refractivity contribution is -0.147. The summed E-state index contributed by atoms with van der Waals surface area (Å²) in [6.45, 7) is -0.775. The van der Waals surface area contributed by atoms with Gasteiger partial charge in [0.15, 0.2) is 0 Å². The maximum Gasteiger partial charge on any atom is 0.326 e. The number of aliphatic hydroxyl groups is 1. The van der Waals surface area contributed by atoms with E-state index in [0.717, 1.165) is 0 Å². The average molecular weight is 499 g/mol. The molecule has 0 aromatic heterocycles. The molecule has 1 aromatic carbocycles. The molecule has 0 saturated heterocycles. The lowest BCUT2D eigenvalue weighted by Gasteiger charge is -2.24. The van der Waals surface area contributed by atoms with Crippen LogP contribution in [0.2, 0.25) is 0 Å². The van der Waals surface area contributed by atoms with Crippen LogP contribution in [-0.2, 0) is 30.4 Å². The van der Waals surface area contributed by atoms with Crippen LogP contribution in [0.3, 0.4) is 0 Å². The summed E-state index contributed by atoms with van der Waals surface area (Å²) >= 11 is 1.49. The molecule has 0 saturated carbocycles. The van der Waals surface area contributed by atoms with E-state index >= 15 is 0 Å². The lowest BCUT2D eigenvalue weighted by Crippen LogP contribution is -2.58. The molecule has 0 fully saturated rings. The monoisotopic (exact) mass is 498 g/mol. The third kappa shape index (κ3) is 10.2. The highest BCUT2D eigenvalue weighted by atomic mass is 32.2. The fourth-order valence-electron chi connectivity index (χ4n) is 2.83. The van der Waals surface area contributed by atoms with E-state index in [9.17, 15) is 34.2 Å². The quantitative estimate of drug-likeness (QED) is 0.146. The Morgan fingerprint density at radius 1 is 0.912 bits per heavy atom. The molecular formula is C21H30N4O8S. The number of aliphatic carboxylic acids is 2. The Balaban J connectivity index is 2.99. The first-order valence-electron chi connectivity index (χ1n) is 10.3. The molecule has 0 aliphatic carbocycles. The van der Waals surface area contributed by atoms with Crippen LogP contribution in [0.4, 0.5) is 0 Å². The second-order valence-corrected chi connectivity index (χ2v) is 8.37. The highest BCUT2D eigenvalue weighted by molar-refractivity contribution is 7.98. The maximum atomic E-state index is 12.8. The van der Waals surface area contributed by atoms with Gasteiger partial charge in [0, 0.05) is 6.42 Å². The van der Waals surface area contributed by atoms with Crippen molar-refractivity contribution in [1.82, 2.24) is 16.0 Å². The van der Waals surface area contributed by atoms with E-state index < -0.39 is 66.9 Å². The van der Waals surface area contributed by atoms with E-state index in [4.69, 9.17) is 10.8 Å². The molecule has 8 N–H and O–H groups in total. The summed E-state index contributed by atoms with van der Waals surface area (Å²) in [5.74, 6) is -4.86. The number of hydrogen-bond donors (Lipinski definition) is 7. The van der Waals surface area contributed by atoms with Gasteiger partial charge in [-0.25, -0.2) is 4.79 Å². The molecule has 13 heteroatoms. The number of nitrogens with two attached hydrogens (primary N) is 1. The summed E-state index contributed by atoms with van der Waals surface area (Å²) in [5, 5.41) is 34.5. The van der Waals surface area contributed by atoms with Crippen LogP contribution in [0.1, 0.15) is 18.4 Å². The van der Waals surface area contributed by atoms with Gasteiger partial charge in [-0.1, -0.05) is 30.3 Å². The fraction of sp³-hybridized carbons (Fsp3) is 0.476. The normalized spacial score (nSPS) is 14.2. The lowest BCUT2D eigenvalue weighted by atomic mass is 10.0. The molecule has 3 amide bonds. The van der Waals surface area contributed by atoms with Gasteiger partial charge in [-0.05, 0) is 24.0 Å². The van der Waals surface area contributed by atoms with Crippen LogP contribution in [-0.4, -0.2) is 87.8 Å². The van der Waals surface area contributed by atoms with Crippen molar-refractivity contribution in [2.45, 2.75) is 43.4 Å². The van der Waals surface area contributed by atoms with Crippen LogP contribution < -0.4 is 21.7 Å². The molecule has 0 spiro atoms. The van der Waals surface area contributed by atoms with E-state index in [1.54, 1.807) is 30.3 Å². The van der Waals surface area contributed by atoms with Crippen LogP contribution >= 0.6 is 11.8 Å². The predicted molar refractivity (Wildman–Crippen MR) is 124 cm³/mol. The second kappa shape index (κ2) is 14.9. The fourth-order valence-corrected chi connectivity index (χ4v) is 3.32. The highest BCUT2D eigenvalue weighted by Gasteiger charge is 2.31. The molecule has 34 heavy (non-hydrogen) atoms. The third-order valence-electron chi connectivity index (χ3n) is 4.69. The molecule has 0 aliphatic rings. The Hall–Kier alpha value is -3.16. The van der Waals surface area contributed by atoms with E-state index in [1.807, 2.05) is 6.26 Å². The number of rotatable bonds is 15. The summed E-state index contributed by atoms with van der Waals surface area (Å²) in [5.41, 5.74) is 6.40. The van der Waals surface area contributed by atoms with Crippen molar-refractivity contribution in [3.8, 4) is 0 Å². The molecule has 188 valence electrons. The van der Waals surface area contributed by atoms with Crippen LogP contribution in [0.15, 0.2) is 30.3 Å². The van der Waals surface area contributed by atoms with Gasteiger partial charge in [0.1, 0.15) is 18.1 Å². The molecule has 1 aromatic rings. The number of benzene rings is 1. The number of carboxylic acids is 2. The Labute approximate surface area is 200 Å². The maximum absolute atomic E-state index is 12.8. The number of carbonyl (C=O) groups is 5. The molecule has 0 bridgehead atoms. The first-order chi connectivity index (χ1) is 16.1. The van der Waals surface area contributed by atoms with Gasteiger partial charge in [-0.2, -0.15) is 11.8 Å². The zero-order valence-corrected chi connectivity index (χ0v) is 19.4. The minimum Gasteiger partial charge on any atom is -0.481 e. The second-order valence-electron chi connectivity index (χ2n) is 7.38. The Morgan fingerprint density at radius 2 is 1.47 bits per heavy atom. The molecule has 4 unspecified atom stereocenters. The Morgan fingerprint density at radius 3 is 2.00 bits per heavy atom. The summed E-state index contributed by atoms with van der Waals surface area (Å²) in [4.78, 5) is 60.0. The van der Waals surface area contributed by atoms with Crippen LogP contribution in [0.5, 0.6) is 0 Å². The van der Waals surface area contributed by atoms with Crippen molar-refractivity contribution >= 4 is 41.4 Å². The SMILES string of the molecule is CSCCC(N)C(=O)NC(CO)C(=O)NC(Cc1ccccc1)C(=O)NC(CC(=O)O)C(=O)O. The van der Waals surface area contributed by atoms with Crippen LogP contribution in [0, 0.1) is 0 Å². The number of nitrogens with one attached hydrogen (secondary N) is 3. The topological polar surface area (TPSA) is 208 Å². The third-order valence-corrected chi connectivity index (χ3v) is 5.34. The molecule has 0 heterocycles. The van der Waals surface area contributed by atoms with E-state index in [1.165, 1.54) is 11.8 Å². The van der Waals surface area contributed by atoms with E-state index in [0.29, 0.717) is 17.7 Å². The Kier molecular flexibility index (Phi) is 12.6. The van der Waals surface area contributed by atoms with Gasteiger partial charge in [0.25, 0.3) is 0 Å². The molecule has 0 radical (unpaired) electrons. The van der Waals surface area contributed by atoms with Crippen molar-refractivity contribution in [2.75, 3.05) is 18.6 Å².